The lowest BCUT2D eigenvalue weighted by molar-refractivity contribution is 0.0616. The minimum Gasteiger partial charge on any atom is -0.427 e. The summed E-state index contributed by atoms with van der Waals surface area (Å²) >= 11 is 0. The Kier molecular flexibility index (Phi) is 5.72. The first-order chi connectivity index (χ1) is 14.9. The topological polar surface area (TPSA) is 52.6 Å². The monoisotopic (exact) mass is 412 g/mol. The number of esters is 2. The van der Waals surface area contributed by atoms with E-state index in [9.17, 15) is 9.59 Å². The van der Waals surface area contributed by atoms with Crippen LogP contribution in [0.15, 0.2) is 66.4 Å². The molecule has 0 heterocycles. The van der Waals surface area contributed by atoms with Crippen LogP contribution in [0.3, 0.4) is 0 Å². The van der Waals surface area contributed by atoms with Crippen molar-refractivity contribution in [1.29, 1.82) is 0 Å². The Morgan fingerprint density at radius 3 is 1.84 bits per heavy atom. The Hall–Kier alpha value is -3.66. The maximum atomic E-state index is 12.5. The van der Waals surface area contributed by atoms with Gasteiger partial charge in [-0.25, -0.2) is 9.59 Å². The van der Waals surface area contributed by atoms with Gasteiger partial charge >= 0.3 is 11.9 Å². The molecule has 0 saturated carbocycles. The Labute approximate surface area is 182 Å². The summed E-state index contributed by atoms with van der Waals surface area (Å²) in [5.41, 5.74) is 6.13. The third kappa shape index (κ3) is 4.75. The third-order valence-corrected chi connectivity index (χ3v) is 5.39. The van der Waals surface area contributed by atoms with Crippen LogP contribution in [0.25, 0.3) is 6.08 Å². The molecule has 0 spiro atoms. The largest absolute Gasteiger partial charge is 0.427 e. The zero-order valence-electron chi connectivity index (χ0n) is 17.9. The van der Waals surface area contributed by atoms with Crippen LogP contribution in [0.2, 0.25) is 0 Å². The van der Waals surface area contributed by atoms with E-state index in [0.29, 0.717) is 35.5 Å². The number of allylic oxidation sites excluding steroid dienone is 1. The van der Waals surface area contributed by atoms with Gasteiger partial charge in [-0.05, 0) is 86.4 Å². The SMILES string of the molecule is Cc1ccc(C(=O)OC2=Cc3cc(C)c(OC(=O)c4ccc(C)cc4)cc3CC2)cc1. The molecule has 0 atom stereocenters. The molecule has 156 valence electrons. The maximum absolute atomic E-state index is 12.5. The van der Waals surface area contributed by atoms with Gasteiger partial charge in [-0.3, -0.25) is 0 Å². The fourth-order valence-electron chi connectivity index (χ4n) is 3.51. The van der Waals surface area contributed by atoms with E-state index in [4.69, 9.17) is 9.47 Å². The van der Waals surface area contributed by atoms with Crippen molar-refractivity contribution in [2.75, 3.05) is 0 Å². The molecule has 1 aliphatic carbocycles. The van der Waals surface area contributed by atoms with E-state index >= 15 is 0 Å². The Balaban J connectivity index is 1.50. The molecule has 31 heavy (non-hydrogen) atoms. The Morgan fingerprint density at radius 1 is 0.710 bits per heavy atom. The molecule has 4 rings (SSSR count). The molecular formula is C27H24O4. The summed E-state index contributed by atoms with van der Waals surface area (Å²) in [5.74, 6) is 0.469. The number of hydrogen-bond donors (Lipinski definition) is 0. The summed E-state index contributed by atoms with van der Waals surface area (Å²) in [6.07, 6.45) is 3.21. The number of hydrogen-bond acceptors (Lipinski definition) is 4. The lowest BCUT2D eigenvalue weighted by Gasteiger charge is -2.19. The average molecular weight is 412 g/mol. The van der Waals surface area contributed by atoms with E-state index in [-0.39, 0.29) is 11.9 Å². The predicted octanol–water partition coefficient (Wildman–Crippen LogP) is 5.98. The second-order valence-corrected chi connectivity index (χ2v) is 7.94. The van der Waals surface area contributed by atoms with Crippen molar-refractivity contribution in [2.45, 2.75) is 33.6 Å². The van der Waals surface area contributed by atoms with Crippen LogP contribution in [0, 0.1) is 20.8 Å². The molecule has 0 fully saturated rings. The highest BCUT2D eigenvalue weighted by atomic mass is 16.5. The van der Waals surface area contributed by atoms with Gasteiger partial charge in [0.15, 0.2) is 0 Å². The van der Waals surface area contributed by atoms with Crippen LogP contribution in [0.1, 0.15) is 55.0 Å². The van der Waals surface area contributed by atoms with Crippen molar-refractivity contribution >= 4 is 18.0 Å². The molecule has 3 aromatic rings. The van der Waals surface area contributed by atoms with Crippen molar-refractivity contribution in [1.82, 2.24) is 0 Å². The first kappa shape index (κ1) is 20.6. The van der Waals surface area contributed by atoms with E-state index in [1.807, 2.05) is 63.2 Å². The van der Waals surface area contributed by atoms with Crippen LogP contribution in [0.5, 0.6) is 5.75 Å². The molecule has 4 heteroatoms. The number of fused-ring (bicyclic) bond motifs is 1. The summed E-state index contributed by atoms with van der Waals surface area (Å²) in [7, 11) is 0. The number of rotatable bonds is 4. The minimum atomic E-state index is -0.373. The zero-order chi connectivity index (χ0) is 22.0. The number of carbonyl (C=O) groups excluding carboxylic acids is 2. The van der Waals surface area contributed by atoms with E-state index < -0.39 is 0 Å². The van der Waals surface area contributed by atoms with Crippen molar-refractivity contribution in [3.05, 3.63) is 105 Å². The van der Waals surface area contributed by atoms with Gasteiger partial charge in [-0.1, -0.05) is 35.4 Å². The highest BCUT2D eigenvalue weighted by Crippen LogP contribution is 2.31. The molecule has 0 aromatic heterocycles. The molecule has 0 N–H and O–H groups in total. The number of aryl methyl sites for hydroxylation is 4. The summed E-state index contributed by atoms with van der Waals surface area (Å²) in [6.45, 7) is 5.85. The zero-order valence-corrected chi connectivity index (χ0v) is 17.9. The number of ether oxygens (including phenoxy) is 2. The van der Waals surface area contributed by atoms with Crippen molar-refractivity contribution in [2.24, 2.45) is 0 Å². The van der Waals surface area contributed by atoms with Gasteiger partial charge in [0.1, 0.15) is 11.5 Å². The van der Waals surface area contributed by atoms with Gasteiger partial charge in [0.25, 0.3) is 0 Å². The molecule has 1 aliphatic rings. The van der Waals surface area contributed by atoms with Crippen molar-refractivity contribution in [3.8, 4) is 5.75 Å². The van der Waals surface area contributed by atoms with Crippen molar-refractivity contribution in [3.63, 3.8) is 0 Å². The predicted molar refractivity (Wildman–Crippen MR) is 120 cm³/mol. The lowest BCUT2D eigenvalue weighted by atomic mass is 9.94. The normalized spacial score (nSPS) is 12.5. The standard InChI is InChI=1S/C27H24O4/c1-17-4-8-20(9-5-17)26(28)30-24-13-12-22-16-25(19(3)14-23(22)15-24)31-27(29)21-10-6-18(2)7-11-21/h4-11,14-16H,12-13H2,1-3H3. The van der Waals surface area contributed by atoms with E-state index in [1.165, 1.54) is 0 Å². The molecule has 4 nitrogen and oxygen atoms in total. The highest BCUT2D eigenvalue weighted by molar-refractivity contribution is 5.91. The summed E-state index contributed by atoms with van der Waals surface area (Å²) in [6, 6.07) is 18.5. The van der Waals surface area contributed by atoms with Crippen molar-refractivity contribution < 1.29 is 19.1 Å². The smallest absolute Gasteiger partial charge is 0.343 e. The van der Waals surface area contributed by atoms with E-state index in [1.54, 1.807) is 24.3 Å². The van der Waals surface area contributed by atoms with Gasteiger partial charge in [0.2, 0.25) is 0 Å². The third-order valence-electron chi connectivity index (χ3n) is 5.39. The van der Waals surface area contributed by atoms with Gasteiger partial charge < -0.3 is 9.47 Å². The Morgan fingerprint density at radius 2 is 1.26 bits per heavy atom. The molecule has 0 amide bonds. The number of carbonyl (C=O) groups is 2. The first-order valence-corrected chi connectivity index (χ1v) is 10.3. The lowest BCUT2D eigenvalue weighted by Crippen LogP contribution is -2.11. The quantitative estimate of drug-likeness (QED) is 0.391. The van der Waals surface area contributed by atoms with Gasteiger partial charge in [0, 0.05) is 6.42 Å². The van der Waals surface area contributed by atoms with Crippen LogP contribution in [-0.4, -0.2) is 11.9 Å². The summed E-state index contributed by atoms with van der Waals surface area (Å²) in [4.78, 5) is 24.9. The highest BCUT2D eigenvalue weighted by Gasteiger charge is 2.19. The minimum absolute atomic E-state index is 0.352. The number of benzene rings is 3. The average Bonchev–Trinajstić information content (AvgIpc) is 2.75. The van der Waals surface area contributed by atoms with Crippen LogP contribution >= 0.6 is 0 Å². The molecular weight excluding hydrogens is 388 g/mol. The molecule has 3 aromatic carbocycles. The molecule has 0 unspecified atom stereocenters. The molecule has 0 radical (unpaired) electrons. The van der Waals surface area contributed by atoms with E-state index in [2.05, 4.69) is 0 Å². The fourth-order valence-corrected chi connectivity index (χ4v) is 3.51. The molecule has 0 bridgehead atoms. The van der Waals surface area contributed by atoms with Gasteiger partial charge in [-0.15, -0.1) is 0 Å². The summed E-state index contributed by atoms with van der Waals surface area (Å²) < 4.78 is 11.3. The van der Waals surface area contributed by atoms with Gasteiger partial charge in [0.05, 0.1) is 11.1 Å². The second kappa shape index (κ2) is 8.60. The first-order valence-electron chi connectivity index (χ1n) is 10.3. The molecule has 0 aliphatic heterocycles. The maximum Gasteiger partial charge on any atom is 0.343 e. The Bertz CT molecular complexity index is 1170. The van der Waals surface area contributed by atoms with Crippen LogP contribution in [-0.2, 0) is 11.2 Å². The van der Waals surface area contributed by atoms with Gasteiger partial charge in [-0.2, -0.15) is 0 Å². The second-order valence-electron chi connectivity index (χ2n) is 7.94. The van der Waals surface area contributed by atoms with Crippen LogP contribution in [0.4, 0.5) is 0 Å². The van der Waals surface area contributed by atoms with E-state index in [0.717, 1.165) is 27.8 Å². The summed E-state index contributed by atoms with van der Waals surface area (Å²) in [5, 5.41) is 0. The van der Waals surface area contributed by atoms with Crippen LogP contribution < -0.4 is 4.74 Å². The molecule has 0 saturated heterocycles. The fraction of sp³-hybridized carbons (Fsp3) is 0.185.